The molecule has 0 bridgehead atoms. The number of sulfonamides is 1. The summed E-state index contributed by atoms with van der Waals surface area (Å²) >= 11 is 0. The molecule has 1 aliphatic rings. The third-order valence-electron chi connectivity index (χ3n) is 3.69. The van der Waals surface area contributed by atoms with Gasteiger partial charge in [-0.05, 0) is 24.0 Å². The number of β-amino-alcohol motifs (C(OH)–C–C–N with tert-alkyl or cyclic N) is 1. The average molecular weight is 284 g/mol. The number of aliphatic hydroxyl groups is 1. The summed E-state index contributed by atoms with van der Waals surface area (Å²) in [5, 5.41) is 9.85. The van der Waals surface area contributed by atoms with Crippen molar-refractivity contribution in [3.05, 3.63) is 29.8 Å². The molecule has 0 saturated carbocycles. The molecule has 0 aromatic heterocycles. The molecule has 0 spiro atoms. The van der Waals surface area contributed by atoms with E-state index in [4.69, 9.17) is 5.73 Å². The van der Waals surface area contributed by atoms with E-state index in [1.165, 1.54) is 4.31 Å². The largest absolute Gasteiger partial charge is 0.391 e. The first-order valence-electron chi connectivity index (χ1n) is 6.43. The fourth-order valence-electron chi connectivity index (χ4n) is 2.30. The first-order valence-corrected chi connectivity index (χ1v) is 7.87. The molecule has 1 saturated heterocycles. The fraction of sp³-hybridized carbons (Fsp3) is 0.538. The highest BCUT2D eigenvalue weighted by atomic mass is 32.2. The molecule has 1 aromatic carbocycles. The van der Waals surface area contributed by atoms with Gasteiger partial charge in [-0.2, -0.15) is 4.31 Å². The van der Waals surface area contributed by atoms with Gasteiger partial charge in [0, 0.05) is 19.6 Å². The van der Waals surface area contributed by atoms with Crippen LogP contribution in [0.25, 0.3) is 0 Å². The Morgan fingerprint density at radius 3 is 2.74 bits per heavy atom. The van der Waals surface area contributed by atoms with Gasteiger partial charge in [0.2, 0.25) is 10.0 Å². The summed E-state index contributed by atoms with van der Waals surface area (Å²) in [6.45, 7) is 2.71. The van der Waals surface area contributed by atoms with Crippen LogP contribution >= 0.6 is 0 Å². The Bertz CT molecular complexity index is 545. The lowest BCUT2D eigenvalue weighted by Gasteiger charge is -2.33. The summed E-state index contributed by atoms with van der Waals surface area (Å²) in [7, 11) is -3.57. The molecule has 1 heterocycles. The average Bonchev–Trinajstić information content (AvgIpc) is 2.41. The lowest BCUT2D eigenvalue weighted by atomic mass is 9.98. The monoisotopic (exact) mass is 284 g/mol. The maximum absolute atomic E-state index is 12.6. The molecule has 2 atom stereocenters. The van der Waals surface area contributed by atoms with E-state index in [2.05, 4.69) is 0 Å². The van der Waals surface area contributed by atoms with Crippen molar-refractivity contribution in [3.8, 4) is 0 Å². The predicted molar refractivity (Wildman–Crippen MR) is 72.9 cm³/mol. The van der Waals surface area contributed by atoms with Gasteiger partial charge in [-0.1, -0.05) is 25.1 Å². The van der Waals surface area contributed by atoms with Crippen molar-refractivity contribution in [1.29, 1.82) is 0 Å². The van der Waals surface area contributed by atoms with Crippen LogP contribution in [0.15, 0.2) is 29.2 Å². The van der Waals surface area contributed by atoms with Gasteiger partial charge in [0.05, 0.1) is 11.0 Å². The van der Waals surface area contributed by atoms with Gasteiger partial charge in [-0.25, -0.2) is 8.42 Å². The minimum atomic E-state index is -3.57. The number of benzene rings is 1. The second-order valence-corrected chi connectivity index (χ2v) is 6.91. The molecule has 3 N–H and O–H groups in total. The summed E-state index contributed by atoms with van der Waals surface area (Å²) in [4.78, 5) is 0.249. The Labute approximate surface area is 114 Å². The topological polar surface area (TPSA) is 83.6 Å². The summed E-state index contributed by atoms with van der Waals surface area (Å²) in [5.74, 6) is 0.135. The van der Waals surface area contributed by atoms with Crippen LogP contribution in [-0.4, -0.2) is 37.0 Å². The molecule has 0 aliphatic carbocycles. The van der Waals surface area contributed by atoms with Crippen LogP contribution in [0.4, 0.5) is 0 Å². The molecular formula is C13H20N2O3S. The molecular weight excluding hydrogens is 264 g/mol. The van der Waals surface area contributed by atoms with Crippen molar-refractivity contribution in [2.24, 2.45) is 11.7 Å². The van der Waals surface area contributed by atoms with Crippen molar-refractivity contribution in [1.82, 2.24) is 4.31 Å². The zero-order chi connectivity index (χ0) is 14.0. The van der Waals surface area contributed by atoms with E-state index in [0.29, 0.717) is 18.5 Å². The van der Waals surface area contributed by atoms with Gasteiger partial charge in [0.25, 0.3) is 0 Å². The highest BCUT2D eigenvalue weighted by Crippen LogP contribution is 2.25. The number of hydrogen-bond acceptors (Lipinski definition) is 4. The lowest BCUT2D eigenvalue weighted by Crippen LogP contribution is -2.45. The molecule has 1 aromatic rings. The second-order valence-electron chi connectivity index (χ2n) is 5.01. The van der Waals surface area contributed by atoms with Gasteiger partial charge in [-0.15, -0.1) is 0 Å². The predicted octanol–water partition coefficient (Wildman–Crippen LogP) is 0.537. The summed E-state index contributed by atoms with van der Waals surface area (Å²) < 4.78 is 26.5. The molecule has 0 radical (unpaired) electrons. The third-order valence-corrected chi connectivity index (χ3v) is 5.66. The van der Waals surface area contributed by atoms with Gasteiger partial charge < -0.3 is 10.8 Å². The van der Waals surface area contributed by atoms with Crippen LogP contribution in [-0.2, 0) is 16.6 Å². The van der Waals surface area contributed by atoms with Crippen LogP contribution in [0.5, 0.6) is 0 Å². The molecule has 5 nitrogen and oxygen atoms in total. The lowest BCUT2D eigenvalue weighted by molar-refractivity contribution is 0.0605. The number of aliphatic hydroxyl groups excluding tert-OH is 1. The Morgan fingerprint density at radius 2 is 2.11 bits per heavy atom. The molecule has 1 fully saturated rings. The molecule has 2 unspecified atom stereocenters. The first-order chi connectivity index (χ1) is 8.96. The van der Waals surface area contributed by atoms with Crippen molar-refractivity contribution < 1.29 is 13.5 Å². The molecule has 106 valence electrons. The van der Waals surface area contributed by atoms with Crippen molar-refractivity contribution >= 4 is 10.0 Å². The van der Waals surface area contributed by atoms with E-state index in [0.717, 1.165) is 0 Å². The van der Waals surface area contributed by atoms with Crippen LogP contribution in [0.1, 0.15) is 18.9 Å². The zero-order valence-electron chi connectivity index (χ0n) is 11.0. The number of piperidine rings is 1. The summed E-state index contributed by atoms with van der Waals surface area (Å²) in [6.07, 6.45) is 0.0686. The Morgan fingerprint density at radius 1 is 1.42 bits per heavy atom. The van der Waals surface area contributed by atoms with E-state index < -0.39 is 16.1 Å². The SMILES string of the molecule is CC1CCN(S(=O)(=O)c2ccccc2CN)CC1O. The van der Waals surface area contributed by atoms with Crippen molar-refractivity contribution in [3.63, 3.8) is 0 Å². The third kappa shape index (κ3) is 2.81. The van der Waals surface area contributed by atoms with Gasteiger partial charge in [0.15, 0.2) is 0 Å². The zero-order valence-corrected chi connectivity index (χ0v) is 11.8. The van der Waals surface area contributed by atoms with Crippen LogP contribution in [0, 0.1) is 5.92 Å². The van der Waals surface area contributed by atoms with Gasteiger partial charge >= 0.3 is 0 Å². The van der Waals surface area contributed by atoms with E-state index in [9.17, 15) is 13.5 Å². The fourth-order valence-corrected chi connectivity index (χ4v) is 4.01. The maximum atomic E-state index is 12.6. The number of hydrogen-bond donors (Lipinski definition) is 2. The van der Waals surface area contributed by atoms with Crippen LogP contribution in [0.2, 0.25) is 0 Å². The normalized spacial score (nSPS) is 25.4. The van der Waals surface area contributed by atoms with Crippen molar-refractivity contribution in [2.75, 3.05) is 13.1 Å². The van der Waals surface area contributed by atoms with Crippen molar-refractivity contribution in [2.45, 2.75) is 30.9 Å². The number of nitrogens with zero attached hydrogens (tertiary/aromatic N) is 1. The molecule has 2 rings (SSSR count). The smallest absolute Gasteiger partial charge is 0.243 e. The van der Waals surface area contributed by atoms with Crippen LogP contribution < -0.4 is 5.73 Å². The summed E-state index contributed by atoms with van der Waals surface area (Å²) in [5.41, 5.74) is 6.20. The van der Waals surface area contributed by atoms with Crippen LogP contribution in [0.3, 0.4) is 0 Å². The van der Waals surface area contributed by atoms with E-state index in [-0.39, 0.29) is 23.9 Å². The second kappa shape index (κ2) is 5.58. The molecule has 1 aliphatic heterocycles. The molecule has 19 heavy (non-hydrogen) atoms. The minimum Gasteiger partial charge on any atom is -0.391 e. The standard InChI is InChI=1S/C13H20N2O3S/c1-10-6-7-15(9-12(10)16)19(17,18)13-5-3-2-4-11(13)8-14/h2-5,10,12,16H,6-9,14H2,1H3. The quantitative estimate of drug-likeness (QED) is 0.848. The van der Waals surface area contributed by atoms with Gasteiger partial charge in [-0.3, -0.25) is 0 Å². The minimum absolute atomic E-state index is 0.135. The van der Waals surface area contributed by atoms with Gasteiger partial charge in [0.1, 0.15) is 0 Å². The number of nitrogens with two attached hydrogens (primary N) is 1. The maximum Gasteiger partial charge on any atom is 0.243 e. The highest BCUT2D eigenvalue weighted by molar-refractivity contribution is 7.89. The van der Waals surface area contributed by atoms with E-state index >= 15 is 0 Å². The Kier molecular flexibility index (Phi) is 4.25. The molecule has 0 amide bonds. The van der Waals surface area contributed by atoms with E-state index in [1.54, 1.807) is 24.3 Å². The molecule has 6 heteroatoms. The van der Waals surface area contributed by atoms with E-state index in [1.807, 2.05) is 6.92 Å². The number of rotatable bonds is 3. The Hall–Kier alpha value is -0.950. The summed E-state index contributed by atoms with van der Waals surface area (Å²) in [6, 6.07) is 6.75. The highest BCUT2D eigenvalue weighted by Gasteiger charge is 2.33. The first kappa shape index (κ1) is 14.5. The Balaban J connectivity index is 2.32.